The van der Waals surface area contributed by atoms with Gasteiger partial charge in [0, 0.05) is 44.2 Å². The molecule has 3 heterocycles. The first-order valence-corrected chi connectivity index (χ1v) is 8.10. The summed E-state index contributed by atoms with van der Waals surface area (Å²) < 4.78 is 10.5. The van der Waals surface area contributed by atoms with E-state index in [0.717, 1.165) is 56.5 Å². The fraction of sp³-hybridized carbons (Fsp3) is 0.688. The van der Waals surface area contributed by atoms with Crippen LogP contribution in [-0.4, -0.2) is 51.3 Å². The van der Waals surface area contributed by atoms with Crippen LogP contribution >= 0.6 is 0 Å². The van der Waals surface area contributed by atoms with E-state index in [1.807, 2.05) is 13.0 Å². The predicted octanol–water partition coefficient (Wildman–Crippen LogP) is 1.98. The topological polar surface area (TPSA) is 71.4 Å². The number of rotatable bonds is 4. The molecule has 0 amide bonds. The van der Waals surface area contributed by atoms with E-state index in [1.165, 1.54) is 0 Å². The molecule has 1 aliphatic rings. The number of hydrogen-bond acceptors (Lipinski definition) is 7. The summed E-state index contributed by atoms with van der Waals surface area (Å²) in [4.78, 5) is 9.27. The van der Waals surface area contributed by atoms with Gasteiger partial charge in [0.25, 0.3) is 0 Å². The molecule has 2 aromatic heterocycles. The summed E-state index contributed by atoms with van der Waals surface area (Å²) in [5.74, 6) is 2.34. The first kappa shape index (κ1) is 16.1. The maximum absolute atomic E-state index is 5.36. The summed E-state index contributed by atoms with van der Waals surface area (Å²) in [7, 11) is 0. The standard InChI is InChI=1S/C16H25N5O2/c1-12-9-13(18-22-12)10-20-5-7-21(8-6-20)11-14-17-15(23-19-14)16(2,3)4/h9H,5-8,10-11H2,1-4H3. The molecule has 0 spiro atoms. The van der Waals surface area contributed by atoms with E-state index in [-0.39, 0.29) is 5.41 Å². The molecule has 0 radical (unpaired) electrons. The molecule has 126 valence electrons. The zero-order chi connectivity index (χ0) is 16.4. The van der Waals surface area contributed by atoms with Crippen LogP contribution in [0.1, 0.15) is 43.9 Å². The van der Waals surface area contributed by atoms with Gasteiger partial charge in [-0.3, -0.25) is 9.80 Å². The lowest BCUT2D eigenvalue weighted by Gasteiger charge is -2.33. The van der Waals surface area contributed by atoms with E-state index in [1.54, 1.807) is 0 Å². The third-order valence-corrected chi connectivity index (χ3v) is 4.00. The van der Waals surface area contributed by atoms with E-state index in [2.05, 4.69) is 45.9 Å². The van der Waals surface area contributed by atoms with Crippen molar-refractivity contribution in [3.63, 3.8) is 0 Å². The molecule has 0 aromatic carbocycles. The molecule has 1 aliphatic heterocycles. The van der Waals surface area contributed by atoms with Crippen molar-refractivity contribution in [1.29, 1.82) is 0 Å². The summed E-state index contributed by atoms with van der Waals surface area (Å²) in [5, 5.41) is 8.16. The summed E-state index contributed by atoms with van der Waals surface area (Å²) >= 11 is 0. The van der Waals surface area contributed by atoms with Gasteiger partial charge in [-0.1, -0.05) is 31.1 Å². The van der Waals surface area contributed by atoms with Crippen LogP contribution in [0.15, 0.2) is 15.1 Å². The lowest BCUT2D eigenvalue weighted by atomic mass is 9.97. The summed E-state index contributed by atoms with van der Waals surface area (Å²) in [6.45, 7) is 13.8. The number of piperazine rings is 1. The van der Waals surface area contributed by atoms with Crippen LogP contribution in [0.25, 0.3) is 0 Å². The highest BCUT2D eigenvalue weighted by molar-refractivity contribution is 5.03. The van der Waals surface area contributed by atoms with Crippen molar-refractivity contribution in [1.82, 2.24) is 25.1 Å². The Hall–Kier alpha value is -1.73. The van der Waals surface area contributed by atoms with E-state index in [0.29, 0.717) is 5.89 Å². The van der Waals surface area contributed by atoms with E-state index < -0.39 is 0 Å². The molecule has 1 fully saturated rings. The molecule has 7 nitrogen and oxygen atoms in total. The fourth-order valence-corrected chi connectivity index (χ4v) is 2.65. The minimum atomic E-state index is -0.0975. The van der Waals surface area contributed by atoms with Gasteiger partial charge in [-0.05, 0) is 6.92 Å². The molecule has 23 heavy (non-hydrogen) atoms. The molecular formula is C16H25N5O2. The average Bonchev–Trinajstić information content (AvgIpc) is 3.10. The van der Waals surface area contributed by atoms with E-state index in [4.69, 9.17) is 9.05 Å². The molecule has 0 unspecified atom stereocenters. The second kappa shape index (κ2) is 6.41. The second-order valence-electron chi connectivity index (χ2n) is 7.25. The predicted molar refractivity (Wildman–Crippen MR) is 84.8 cm³/mol. The van der Waals surface area contributed by atoms with Crippen LogP contribution < -0.4 is 0 Å². The van der Waals surface area contributed by atoms with Gasteiger partial charge < -0.3 is 9.05 Å². The Morgan fingerprint density at radius 2 is 1.65 bits per heavy atom. The quantitative estimate of drug-likeness (QED) is 0.853. The van der Waals surface area contributed by atoms with Gasteiger partial charge >= 0.3 is 0 Å². The van der Waals surface area contributed by atoms with Crippen molar-refractivity contribution in [3.05, 3.63) is 29.2 Å². The van der Waals surface area contributed by atoms with Gasteiger partial charge in [-0.25, -0.2) is 0 Å². The maximum atomic E-state index is 5.36. The van der Waals surface area contributed by atoms with Crippen molar-refractivity contribution in [3.8, 4) is 0 Å². The minimum absolute atomic E-state index is 0.0975. The van der Waals surface area contributed by atoms with Crippen molar-refractivity contribution in [2.45, 2.75) is 46.2 Å². The highest BCUT2D eigenvalue weighted by Gasteiger charge is 2.24. The molecule has 0 bridgehead atoms. The molecule has 0 N–H and O–H groups in total. The molecule has 3 rings (SSSR count). The smallest absolute Gasteiger partial charge is 0.232 e. The third kappa shape index (κ3) is 4.17. The molecule has 2 aromatic rings. The zero-order valence-corrected chi connectivity index (χ0v) is 14.4. The van der Waals surface area contributed by atoms with Crippen molar-refractivity contribution < 1.29 is 9.05 Å². The normalized spacial score (nSPS) is 17.7. The van der Waals surface area contributed by atoms with Crippen molar-refractivity contribution in [2.75, 3.05) is 26.2 Å². The minimum Gasteiger partial charge on any atom is -0.361 e. The summed E-state index contributed by atoms with van der Waals surface area (Å²) in [6, 6.07) is 2.00. The number of nitrogens with zero attached hydrogens (tertiary/aromatic N) is 5. The average molecular weight is 319 g/mol. The summed E-state index contributed by atoms with van der Waals surface area (Å²) in [6.07, 6.45) is 0. The Kier molecular flexibility index (Phi) is 4.50. The molecule has 0 aliphatic carbocycles. The lowest BCUT2D eigenvalue weighted by molar-refractivity contribution is 0.117. The van der Waals surface area contributed by atoms with Gasteiger partial charge in [-0.2, -0.15) is 4.98 Å². The molecule has 1 saturated heterocycles. The van der Waals surface area contributed by atoms with Crippen molar-refractivity contribution in [2.24, 2.45) is 0 Å². The number of hydrogen-bond donors (Lipinski definition) is 0. The first-order chi connectivity index (χ1) is 10.9. The fourth-order valence-electron chi connectivity index (χ4n) is 2.65. The molecule has 7 heteroatoms. The molecular weight excluding hydrogens is 294 g/mol. The Bertz CT molecular complexity index is 635. The van der Waals surface area contributed by atoms with Gasteiger partial charge in [0.1, 0.15) is 5.76 Å². The van der Waals surface area contributed by atoms with Crippen LogP contribution in [0.4, 0.5) is 0 Å². The lowest BCUT2D eigenvalue weighted by Crippen LogP contribution is -2.45. The largest absolute Gasteiger partial charge is 0.361 e. The van der Waals surface area contributed by atoms with Gasteiger partial charge in [0.15, 0.2) is 5.82 Å². The Morgan fingerprint density at radius 3 is 2.17 bits per heavy atom. The highest BCUT2D eigenvalue weighted by atomic mass is 16.5. The van der Waals surface area contributed by atoms with Crippen LogP contribution in [0, 0.1) is 6.92 Å². The van der Waals surface area contributed by atoms with Crippen LogP contribution in [-0.2, 0) is 18.5 Å². The number of aromatic nitrogens is 3. The molecule has 0 saturated carbocycles. The zero-order valence-electron chi connectivity index (χ0n) is 14.4. The second-order valence-corrected chi connectivity index (χ2v) is 7.25. The monoisotopic (exact) mass is 319 g/mol. The third-order valence-electron chi connectivity index (χ3n) is 4.00. The van der Waals surface area contributed by atoms with Crippen LogP contribution in [0.2, 0.25) is 0 Å². The van der Waals surface area contributed by atoms with Crippen LogP contribution in [0.5, 0.6) is 0 Å². The highest BCUT2D eigenvalue weighted by Crippen LogP contribution is 2.20. The maximum Gasteiger partial charge on any atom is 0.232 e. The van der Waals surface area contributed by atoms with Gasteiger partial charge in [0.2, 0.25) is 5.89 Å². The Morgan fingerprint density at radius 1 is 1.00 bits per heavy atom. The van der Waals surface area contributed by atoms with Crippen LogP contribution in [0.3, 0.4) is 0 Å². The molecule has 0 atom stereocenters. The number of aryl methyl sites for hydroxylation is 1. The summed E-state index contributed by atoms with van der Waals surface area (Å²) in [5.41, 5.74) is 0.906. The SMILES string of the molecule is Cc1cc(CN2CCN(Cc3noc(C(C)(C)C)n3)CC2)no1. The van der Waals surface area contributed by atoms with Crippen molar-refractivity contribution >= 4 is 0 Å². The van der Waals surface area contributed by atoms with Gasteiger partial charge in [-0.15, -0.1) is 0 Å². The van der Waals surface area contributed by atoms with E-state index >= 15 is 0 Å². The van der Waals surface area contributed by atoms with E-state index in [9.17, 15) is 0 Å². The Balaban J connectivity index is 1.48. The van der Waals surface area contributed by atoms with Gasteiger partial charge in [0.05, 0.1) is 12.2 Å². The first-order valence-electron chi connectivity index (χ1n) is 8.10. The Labute approximate surface area is 136 Å².